The smallest absolute Gasteiger partial charge is 0.190 e. The molecule has 0 unspecified atom stereocenters. The molecule has 0 aromatic carbocycles. The highest BCUT2D eigenvalue weighted by Crippen LogP contribution is 1.75. The highest BCUT2D eigenvalue weighted by Gasteiger charge is 1.64. The van der Waals surface area contributed by atoms with Crippen LogP contribution in [0.25, 0.3) is 0 Å². The second kappa shape index (κ2) is 4.76. The quantitative estimate of drug-likeness (QED) is 0.293. The molecule has 0 N–H and O–H groups in total. The topological polar surface area (TPSA) is 21.6 Å². The van der Waals surface area contributed by atoms with E-state index >= 15 is 0 Å². The highest BCUT2D eigenvalue weighted by atomic mass is 35.5. The second-order valence-corrected chi connectivity index (χ2v) is 0.771. The van der Waals surface area contributed by atoms with E-state index in [0.717, 1.165) is 0 Å². The molecule has 0 atom stereocenters. The van der Waals surface area contributed by atoms with Crippen LogP contribution in [0, 0.1) is 0 Å². The first-order valence-electron chi connectivity index (χ1n) is 1.46. The van der Waals surface area contributed by atoms with Gasteiger partial charge in [0, 0.05) is 0 Å². The fourth-order valence-corrected chi connectivity index (χ4v) is 0.138. The molecule has 0 fully saturated rings. The maximum absolute atomic E-state index is 5.02. The van der Waals surface area contributed by atoms with Gasteiger partial charge in [-0.15, -0.1) is 0 Å². The summed E-state index contributed by atoms with van der Waals surface area (Å²) in [6, 6.07) is 0.0981. The summed E-state index contributed by atoms with van der Waals surface area (Å²) >= 11 is 5.02. The zero-order valence-electron chi connectivity index (χ0n) is 3.44. The lowest BCUT2D eigenvalue weighted by atomic mass is 10.9. The fraction of sp³-hybridized carbons (Fsp3) is 0.667. The van der Waals surface area contributed by atoms with Gasteiger partial charge in [-0.2, -0.15) is 0 Å². The summed E-state index contributed by atoms with van der Waals surface area (Å²) in [6.07, 6.45) is 2.39. The van der Waals surface area contributed by atoms with Gasteiger partial charge in [-0.3, -0.25) is 0 Å². The normalized spacial score (nSPS) is 9.67. The summed E-state index contributed by atoms with van der Waals surface area (Å²) in [5.74, 6) is 0. The van der Waals surface area contributed by atoms with Crippen LogP contribution < -0.4 is 0 Å². The molecule has 6 heavy (non-hydrogen) atoms. The average Bonchev–Trinajstić information content (AvgIpc) is 1.61. The van der Waals surface area contributed by atoms with Gasteiger partial charge in [0.1, 0.15) is 6.21 Å². The minimum Gasteiger partial charge on any atom is -0.379 e. The lowest BCUT2D eigenvalue weighted by Gasteiger charge is -1.81. The van der Waals surface area contributed by atoms with Gasteiger partial charge < -0.3 is 4.84 Å². The van der Waals surface area contributed by atoms with Gasteiger partial charge in [0.2, 0.25) is 0 Å². The molecule has 0 aliphatic rings. The molecule has 0 aliphatic heterocycles. The van der Waals surface area contributed by atoms with Gasteiger partial charge in [-0.05, 0) is 6.92 Å². The van der Waals surface area contributed by atoms with Crippen LogP contribution in [-0.2, 0) is 4.84 Å². The van der Waals surface area contributed by atoms with E-state index in [1.807, 2.05) is 0 Å². The Morgan fingerprint density at radius 1 is 2.00 bits per heavy atom. The second-order valence-electron chi connectivity index (χ2n) is 0.553. The molecule has 0 amide bonds. The summed E-state index contributed by atoms with van der Waals surface area (Å²) in [5, 5.41) is 3.21. The van der Waals surface area contributed by atoms with Gasteiger partial charge in [-0.25, -0.2) is 0 Å². The molecule has 0 heterocycles. The van der Waals surface area contributed by atoms with E-state index < -0.39 is 0 Å². The van der Waals surface area contributed by atoms with Crippen molar-refractivity contribution in [2.24, 2.45) is 5.16 Å². The van der Waals surface area contributed by atoms with Crippen molar-refractivity contribution in [2.75, 3.05) is 6.07 Å². The Balaban J connectivity index is 2.66. The monoisotopic (exact) mass is 106 g/mol. The van der Waals surface area contributed by atoms with Crippen molar-refractivity contribution in [3.63, 3.8) is 0 Å². The molecular formula is C3H5ClNO. The SMILES string of the molecule is C/[C]=N/OCCl. The van der Waals surface area contributed by atoms with Crippen LogP contribution in [0.15, 0.2) is 5.16 Å². The van der Waals surface area contributed by atoms with Crippen LogP contribution in [0.1, 0.15) is 6.92 Å². The zero-order valence-corrected chi connectivity index (χ0v) is 4.20. The van der Waals surface area contributed by atoms with Gasteiger partial charge in [0.25, 0.3) is 0 Å². The number of hydrogen-bond donors (Lipinski definition) is 0. The molecule has 0 spiro atoms. The summed E-state index contributed by atoms with van der Waals surface area (Å²) < 4.78 is 0. The van der Waals surface area contributed by atoms with Gasteiger partial charge in [0.05, 0.1) is 0 Å². The number of alkyl halides is 1. The third-order valence-corrected chi connectivity index (χ3v) is 0.302. The molecule has 0 saturated heterocycles. The first-order chi connectivity index (χ1) is 2.91. The third-order valence-electron chi connectivity index (χ3n) is 0.205. The summed E-state index contributed by atoms with van der Waals surface area (Å²) in [6.45, 7) is 1.63. The number of hydrogen-bond acceptors (Lipinski definition) is 2. The highest BCUT2D eigenvalue weighted by molar-refractivity contribution is 6.17. The Hall–Kier alpha value is -0.240. The Morgan fingerprint density at radius 2 is 2.67 bits per heavy atom. The maximum atomic E-state index is 5.02. The van der Waals surface area contributed by atoms with Crippen LogP contribution >= 0.6 is 11.6 Å². The lowest BCUT2D eigenvalue weighted by molar-refractivity contribution is 0.194. The summed E-state index contributed by atoms with van der Waals surface area (Å²) in [7, 11) is 0. The first-order valence-corrected chi connectivity index (χ1v) is 2.00. The molecule has 3 heteroatoms. The Morgan fingerprint density at radius 3 is 2.83 bits per heavy atom. The lowest BCUT2D eigenvalue weighted by Crippen LogP contribution is -1.72. The van der Waals surface area contributed by atoms with Gasteiger partial charge in [-0.1, -0.05) is 16.8 Å². The van der Waals surface area contributed by atoms with E-state index in [1.54, 1.807) is 6.92 Å². The van der Waals surface area contributed by atoms with Crippen molar-refractivity contribution in [2.45, 2.75) is 6.92 Å². The molecule has 0 aromatic rings. The fourth-order valence-electron chi connectivity index (χ4n) is 0.0889. The van der Waals surface area contributed by atoms with Gasteiger partial charge >= 0.3 is 0 Å². The van der Waals surface area contributed by atoms with Crippen molar-refractivity contribution in [1.82, 2.24) is 0 Å². The molecule has 0 rings (SSSR count). The summed E-state index contributed by atoms with van der Waals surface area (Å²) in [4.78, 5) is 4.26. The molecule has 0 aromatic heterocycles. The largest absolute Gasteiger partial charge is 0.379 e. The van der Waals surface area contributed by atoms with Crippen molar-refractivity contribution < 1.29 is 4.84 Å². The molecule has 35 valence electrons. The number of nitrogens with zero attached hydrogens (tertiary/aromatic N) is 1. The average molecular weight is 107 g/mol. The molecule has 0 aliphatic carbocycles. The molecule has 0 saturated carbocycles. The van der Waals surface area contributed by atoms with Crippen LogP contribution in [0.2, 0.25) is 0 Å². The Labute approximate surface area is 41.7 Å². The Kier molecular flexibility index (Phi) is 4.57. The number of halogens is 1. The van der Waals surface area contributed by atoms with E-state index in [0.29, 0.717) is 0 Å². The number of rotatable bonds is 2. The standard InChI is InChI=1S/C3H5ClNO/c1-2-5-6-3-4/h3H2,1H3. The van der Waals surface area contributed by atoms with Crippen LogP contribution in [0.5, 0.6) is 0 Å². The molecule has 2 nitrogen and oxygen atoms in total. The third kappa shape index (κ3) is 3.76. The minimum atomic E-state index is 0.0981. The van der Waals surface area contributed by atoms with E-state index in [-0.39, 0.29) is 6.07 Å². The van der Waals surface area contributed by atoms with E-state index in [1.165, 1.54) is 0 Å². The van der Waals surface area contributed by atoms with Crippen molar-refractivity contribution in [3.05, 3.63) is 0 Å². The van der Waals surface area contributed by atoms with E-state index in [4.69, 9.17) is 11.6 Å². The van der Waals surface area contributed by atoms with Crippen LogP contribution in [-0.4, -0.2) is 12.3 Å². The van der Waals surface area contributed by atoms with E-state index in [9.17, 15) is 0 Å². The van der Waals surface area contributed by atoms with Crippen LogP contribution in [0.3, 0.4) is 0 Å². The first kappa shape index (κ1) is 5.76. The maximum Gasteiger partial charge on any atom is 0.190 e. The van der Waals surface area contributed by atoms with E-state index in [2.05, 4.69) is 16.2 Å². The predicted octanol–water partition coefficient (Wildman–Crippen LogP) is 1.08. The summed E-state index contributed by atoms with van der Waals surface area (Å²) in [5.41, 5.74) is 0. The van der Waals surface area contributed by atoms with Crippen molar-refractivity contribution in [1.29, 1.82) is 0 Å². The molecular weight excluding hydrogens is 101 g/mol. The zero-order chi connectivity index (χ0) is 4.83. The Bertz CT molecular complexity index is 46.1. The van der Waals surface area contributed by atoms with Crippen LogP contribution in [0.4, 0.5) is 0 Å². The van der Waals surface area contributed by atoms with Crippen molar-refractivity contribution >= 4 is 17.8 Å². The van der Waals surface area contributed by atoms with Crippen molar-refractivity contribution in [3.8, 4) is 0 Å². The predicted molar refractivity (Wildman–Crippen MR) is 24.9 cm³/mol. The van der Waals surface area contributed by atoms with Gasteiger partial charge in [0.15, 0.2) is 6.07 Å². The molecule has 1 radical (unpaired) electrons. The minimum absolute atomic E-state index is 0.0981. The molecule has 0 bridgehead atoms.